The number of hydrogen-bond donors (Lipinski definition) is 0. The fourth-order valence-electron chi connectivity index (χ4n) is 3.57. The topological polar surface area (TPSA) is 33.2 Å². The molecule has 1 aliphatic carbocycles. The monoisotopic (exact) mass is 400 g/mol. The summed E-state index contributed by atoms with van der Waals surface area (Å²) in [7, 11) is 4.10. The zero-order chi connectivity index (χ0) is 17.1. The van der Waals surface area contributed by atoms with Gasteiger partial charge in [-0.2, -0.15) is 0 Å². The molecule has 1 aliphatic heterocycles. The van der Waals surface area contributed by atoms with Gasteiger partial charge in [0.15, 0.2) is 0 Å². The van der Waals surface area contributed by atoms with Crippen molar-refractivity contribution in [2.45, 2.75) is 30.6 Å². The Balaban J connectivity index is 1.76. The van der Waals surface area contributed by atoms with Crippen LogP contribution < -0.4 is 0 Å². The number of rotatable bonds is 3. The number of carbonyl (C=O) groups is 1. The van der Waals surface area contributed by atoms with Crippen LogP contribution in [0.1, 0.15) is 45.9 Å². The zero-order valence-corrected chi connectivity index (χ0v) is 16.0. The Morgan fingerprint density at radius 1 is 1.38 bits per heavy atom. The minimum Gasteiger partial charge on any atom is -0.339 e. The van der Waals surface area contributed by atoms with Crippen LogP contribution in [-0.2, 0) is 11.9 Å². The van der Waals surface area contributed by atoms with Gasteiger partial charge in [-0.1, -0.05) is 27.5 Å². The van der Waals surface area contributed by atoms with E-state index in [2.05, 4.69) is 27.0 Å². The minimum absolute atomic E-state index is 0.0313. The maximum absolute atomic E-state index is 12.9. The minimum atomic E-state index is -0.440. The zero-order valence-electron chi connectivity index (χ0n) is 13.6. The molecule has 0 bridgehead atoms. The number of benzene rings is 1. The first-order valence-corrected chi connectivity index (χ1v) is 9.32. The van der Waals surface area contributed by atoms with Crippen LogP contribution in [0.5, 0.6) is 0 Å². The molecule has 0 spiro atoms. The van der Waals surface area contributed by atoms with E-state index in [0.29, 0.717) is 18.0 Å². The van der Waals surface area contributed by atoms with Gasteiger partial charge in [0, 0.05) is 27.6 Å². The van der Waals surface area contributed by atoms with Crippen molar-refractivity contribution < 1.29 is 4.79 Å². The van der Waals surface area contributed by atoms with Gasteiger partial charge in [0.25, 0.3) is 5.91 Å². The molecule has 0 saturated heterocycles. The quantitative estimate of drug-likeness (QED) is 0.741. The number of nitrogens with zero attached hydrogens (tertiary/aromatic N) is 2. The second-order valence-corrected chi connectivity index (χ2v) is 8.40. The van der Waals surface area contributed by atoms with Crippen LogP contribution in [0.25, 0.3) is 0 Å². The molecule has 120 valence electrons. The van der Waals surface area contributed by atoms with Crippen molar-refractivity contribution in [3.8, 4) is 0 Å². The van der Waals surface area contributed by atoms with Crippen molar-refractivity contribution in [2.75, 3.05) is 0 Å². The third-order valence-corrected chi connectivity index (χ3v) is 5.86. The van der Waals surface area contributed by atoms with E-state index < -0.39 is 5.34 Å². The molecule has 2 aliphatic rings. The highest BCUT2D eigenvalue weighted by molar-refractivity contribution is 9.10. The van der Waals surface area contributed by atoms with E-state index in [9.17, 15) is 4.79 Å². The van der Waals surface area contributed by atoms with Gasteiger partial charge in [-0.15, -0.1) is 0 Å². The van der Waals surface area contributed by atoms with E-state index in [1.54, 1.807) is 6.20 Å². The molecule has 7 heteroatoms. The van der Waals surface area contributed by atoms with Gasteiger partial charge in [-0.05, 0) is 54.2 Å². The Morgan fingerprint density at radius 3 is 2.79 bits per heavy atom. The second-order valence-electron chi connectivity index (χ2n) is 7.08. The molecule has 1 aromatic heterocycles. The Labute approximate surface area is 156 Å². The average Bonchev–Trinajstić information content (AvgIpc) is 3.34. The highest BCUT2D eigenvalue weighted by atomic mass is 79.9. The third-order valence-electron chi connectivity index (χ3n) is 5.07. The number of fused-ring (bicyclic) bond motifs is 1. The lowest BCUT2D eigenvalue weighted by molar-refractivity contribution is 0.0731. The van der Waals surface area contributed by atoms with Gasteiger partial charge in [-0.3, -0.25) is 9.78 Å². The van der Waals surface area contributed by atoms with Crippen molar-refractivity contribution in [1.29, 1.82) is 0 Å². The highest BCUT2D eigenvalue weighted by Gasteiger charge is 2.44. The maximum atomic E-state index is 12.9. The molecule has 4 rings (SSSR count). The Kier molecular flexibility index (Phi) is 3.81. The first-order chi connectivity index (χ1) is 11.4. The Morgan fingerprint density at radius 2 is 2.12 bits per heavy atom. The molecule has 24 heavy (non-hydrogen) atoms. The van der Waals surface area contributed by atoms with Crippen LogP contribution in [0, 0.1) is 0 Å². The number of hydrogen-bond acceptors (Lipinski definition) is 2. The summed E-state index contributed by atoms with van der Waals surface area (Å²) >= 11 is 10.1. The molecule has 0 atom stereocenters. The molecule has 2 heterocycles. The largest absolute Gasteiger partial charge is 0.339 e. The van der Waals surface area contributed by atoms with Crippen LogP contribution in [0.15, 0.2) is 34.9 Å². The normalized spacial score (nSPS) is 18.8. The summed E-state index contributed by atoms with van der Waals surface area (Å²) in [6.45, 7) is 0.514. The predicted molar refractivity (Wildman–Crippen MR) is 104 cm³/mol. The van der Waals surface area contributed by atoms with Crippen molar-refractivity contribution in [1.82, 2.24) is 9.88 Å². The summed E-state index contributed by atoms with van der Waals surface area (Å²) < 4.78 is 0.995. The first kappa shape index (κ1) is 16.2. The molecule has 1 fully saturated rings. The van der Waals surface area contributed by atoms with Crippen molar-refractivity contribution >= 4 is 49.1 Å². The summed E-state index contributed by atoms with van der Waals surface area (Å²) in [6.07, 6.45) is 4.14. The lowest BCUT2D eigenvalue weighted by Gasteiger charge is -2.33. The number of aromatic nitrogens is 1. The van der Waals surface area contributed by atoms with Crippen molar-refractivity contribution in [2.24, 2.45) is 0 Å². The third kappa shape index (κ3) is 2.51. The predicted octanol–water partition coefficient (Wildman–Crippen LogP) is 2.41. The average molecular weight is 401 g/mol. The molecule has 1 saturated carbocycles. The van der Waals surface area contributed by atoms with Gasteiger partial charge < -0.3 is 4.90 Å². The lowest BCUT2D eigenvalue weighted by atomic mass is 9.59. The summed E-state index contributed by atoms with van der Waals surface area (Å²) in [4.78, 5) is 19.3. The Hall–Kier alpha value is -1.26. The summed E-state index contributed by atoms with van der Waals surface area (Å²) in [5, 5.41) is 0.282. The van der Waals surface area contributed by atoms with Gasteiger partial charge in [0.1, 0.15) is 15.7 Å². The molecule has 3 nitrogen and oxygen atoms in total. The van der Waals surface area contributed by atoms with Crippen molar-refractivity contribution in [3.05, 3.63) is 62.3 Å². The summed E-state index contributed by atoms with van der Waals surface area (Å²) in [6, 6.07) is 7.75. The first-order valence-electron chi connectivity index (χ1n) is 8.15. The van der Waals surface area contributed by atoms with E-state index in [4.69, 9.17) is 11.6 Å². The van der Waals surface area contributed by atoms with E-state index in [1.807, 2.05) is 38.8 Å². The molecule has 1 amide bonds. The molecule has 0 N–H and O–H groups in total. The van der Waals surface area contributed by atoms with Crippen LogP contribution in [-0.4, -0.2) is 31.5 Å². The summed E-state index contributed by atoms with van der Waals surface area (Å²) in [5.74, 6) is 0.597. The highest BCUT2D eigenvalue weighted by Crippen LogP contribution is 2.45. The van der Waals surface area contributed by atoms with Crippen LogP contribution in [0.4, 0.5) is 0 Å². The number of amides is 1. The number of halogens is 2. The van der Waals surface area contributed by atoms with Crippen LogP contribution >= 0.6 is 27.5 Å². The van der Waals surface area contributed by atoms with Crippen LogP contribution in [0.2, 0.25) is 5.02 Å². The molecule has 0 unspecified atom stereocenters. The lowest BCUT2D eigenvalue weighted by Crippen LogP contribution is -2.44. The summed E-state index contributed by atoms with van der Waals surface area (Å²) in [5.41, 5.74) is 3.87. The Bertz CT molecular complexity index is 854. The molecular weight excluding hydrogens is 385 g/mol. The van der Waals surface area contributed by atoms with E-state index >= 15 is 0 Å². The van der Waals surface area contributed by atoms with E-state index in [1.165, 1.54) is 18.4 Å². The van der Waals surface area contributed by atoms with Gasteiger partial charge >= 0.3 is 0 Å². The van der Waals surface area contributed by atoms with Gasteiger partial charge in [-0.25, -0.2) is 0 Å². The van der Waals surface area contributed by atoms with Crippen LogP contribution in [0.3, 0.4) is 0 Å². The SMILES string of the molecule is BC1(B)c2ncccc2C(=O)N1Cc1c(Cl)cc(Br)cc1C1CC1. The standard InChI is InChI=1S/C17H16B2BrClN2O/c18-17(19)15-11(2-1-5-22-15)16(24)23(17)8-13-12(9-3-4-9)6-10(20)7-14(13)21/h1-2,5-7,9H,3-4,8,18-19H2. The number of pyridine rings is 1. The van der Waals surface area contributed by atoms with Gasteiger partial charge in [0.05, 0.1) is 11.3 Å². The molecule has 1 aromatic carbocycles. The molecule has 0 radical (unpaired) electrons. The van der Waals surface area contributed by atoms with E-state index in [-0.39, 0.29) is 5.91 Å². The number of carbonyl (C=O) groups excluding carboxylic acids is 1. The van der Waals surface area contributed by atoms with E-state index in [0.717, 1.165) is 20.8 Å². The molecule has 2 aromatic rings. The maximum Gasteiger partial charge on any atom is 0.255 e. The van der Waals surface area contributed by atoms with Gasteiger partial charge in [0.2, 0.25) is 0 Å². The second kappa shape index (κ2) is 5.63. The molecular formula is C17H16B2BrClN2O. The fraction of sp³-hybridized carbons (Fsp3) is 0.294. The smallest absolute Gasteiger partial charge is 0.255 e. The van der Waals surface area contributed by atoms with Crippen molar-refractivity contribution in [3.63, 3.8) is 0 Å². The fourth-order valence-corrected chi connectivity index (χ4v) is 4.46.